The average molecular weight is 440 g/mol. The van der Waals surface area contributed by atoms with Gasteiger partial charge in [-0.2, -0.15) is 0 Å². The molecule has 0 N–H and O–H groups in total. The summed E-state index contributed by atoms with van der Waals surface area (Å²) < 4.78 is 19.1. The topological polar surface area (TPSA) is 9.23 Å². The largest absolute Gasteiger partial charge is 0.409 e. The predicted molar refractivity (Wildman–Crippen MR) is 98.5 cm³/mol. The number of alkyl halides is 3. The second-order valence-electron chi connectivity index (χ2n) is 5.42. The molecule has 21 heavy (non-hydrogen) atoms. The lowest BCUT2D eigenvalue weighted by molar-refractivity contribution is 0.117. The molecule has 0 aromatic heterocycles. The van der Waals surface area contributed by atoms with Gasteiger partial charge >= 0.3 is 0 Å². The number of hydrogen-bond acceptors (Lipinski definition) is 1. The molecule has 5 heteroatoms. The van der Waals surface area contributed by atoms with Crippen LogP contribution < -0.4 is 0 Å². The molecule has 1 aromatic carbocycles. The van der Waals surface area contributed by atoms with Gasteiger partial charge in [0.2, 0.25) is 3.49 Å². The minimum absolute atomic E-state index is 0.468. The molecule has 1 aromatic rings. The molecule has 0 aliphatic rings. The molecule has 0 saturated heterocycles. The Kier molecular flexibility index (Phi) is 8.10. The van der Waals surface area contributed by atoms with Crippen LogP contribution in [0.4, 0.5) is 4.39 Å². The molecule has 1 atom stereocenters. The Hall–Kier alpha value is 0.287. The third kappa shape index (κ3) is 6.12. The van der Waals surface area contributed by atoms with E-state index in [1.165, 1.54) is 5.56 Å². The van der Waals surface area contributed by atoms with Crippen molar-refractivity contribution in [1.29, 1.82) is 0 Å². The fourth-order valence-electron chi connectivity index (χ4n) is 2.53. The van der Waals surface area contributed by atoms with Crippen LogP contribution in [0.3, 0.4) is 0 Å². The fourth-order valence-corrected chi connectivity index (χ4v) is 6.41. The molecule has 0 bridgehead atoms. The summed E-state index contributed by atoms with van der Waals surface area (Å²) in [6.07, 6.45) is 1.01. The summed E-state index contributed by atoms with van der Waals surface area (Å²) in [4.78, 5) is 0. The van der Waals surface area contributed by atoms with E-state index in [0.717, 1.165) is 24.6 Å². The Balaban J connectivity index is 2.77. The highest BCUT2D eigenvalue weighted by molar-refractivity contribution is 9.25. The summed E-state index contributed by atoms with van der Waals surface area (Å²) in [6.45, 7) is 6.49. The minimum Gasteiger partial charge on any atom is -0.409 e. The molecule has 1 nitrogen and oxygen atoms in total. The first-order valence-corrected chi connectivity index (χ1v) is 11.8. The monoisotopic (exact) mass is 438 g/mol. The van der Waals surface area contributed by atoms with Crippen LogP contribution in [0, 0.1) is 0 Å². The van der Waals surface area contributed by atoms with Crippen LogP contribution in [0.5, 0.6) is 0 Å². The highest BCUT2D eigenvalue weighted by Gasteiger charge is 2.40. The van der Waals surface area contributed by atoms with E-state index in [9.17, 15) is 4.39 Å². The number of hydrogen-bond donors (Lipinski definition) is 0. The Morgan fingerprint density at radius 2 is 1.62 bits per heavy atom. The van der Waals surface area contributed by atoms with Crippen molar-refractivity contribution in [3.8, 4) is 0 Å². The highest BCUT2D eigenvalue weighted by Crippen LogP contribution is 2.39. The van der Waals surface area contributed by atoms with E-state index < -0.39 is 17.9 Å². The third-order valence-corrected chi connectivity index (χ3v) is 9.90. The van der Waals surface area contributed by atoms with E-state index in [2.05, 4.69) is 64.8 Å². The molecule has 0 spiro atoms. The Morgan fingerprint density at radius 1 is 1.10 bits per heavy atom. The molecule has 0 radical (unpaired) electrons. The maximum atomic E-state index is 14.4. The van der Waals surface area contributed by atoms with Gasteiger partial charge in [-0.05, 0) is 68.4 Å². The first-order valence-electron chi connectivity index (χ1n) is 7.65. The van der Waals surface area contributed by atoms with Gasteiger partial charge in [-0.3, -0.25) is 0 Å². The van der Waals surface area contributed by atoms with Crippen LogP contribution in [0.2, 0.25) is 18.1 Å². The van der Waals surface area contributed by atoms with Gasteiger partial charge in [-0.1, -0.05) is 51.1 Å². The second-order valence-corrected chi connectivity index (χ2v) is 13.5. The van der Waals surface area contributed by atoms with Gasteiger partial charge in [0.15, 0.2) is 8.32 Å². The van der Waals surface area contributed by atoms with Crippen molar-refractivity contribution in [2.75, 3.05) is 0 Å². The molecule has 0 heterocycles. The molecule has 1 rings (SSSR count). The summed E-state index contributed by atoms with van der Waals surface area (Å²) in [6, 6.07) is 13.2. The zero-order valence-corrected chi connectivity index (χ0v) is 17.2. The number of halogens is 3. The van der Waals surface area contributed by atoms with E-state index >= 15 is 0 Å². The van der Waals surface area contributed by atoms with E-state index in [1.54, 1.807) is 0 Å². The summed E-state index contributed by atoms with van der Waals surface area (Å²) in [5, 5.41) is 0. The molecule has 1 unspecified atom stereocenters. The summed E-state index contributed by atoms with van der Waals surface area (Å²) in [7, 11) is -1.83. The van der Waals surface area contributed by atoms with Gasteiger partial charge in [-0.25, -0.2) is 4.39 Å². The smallest absolute Gasteiger partial charge is 0.243 e. The number of benzene rings is 1. The van der Waals surface area contributed by atoms with Gasteiger partial charge < -0.3 is 4.43 Å². The Labute approximate surface area is 146 Å². The SMILES string of the molecule is CC[Si](CC)(CC)OC(CCc1ccccc1)C(F)(Br)Br. The van der Waals surface area contributed by atoms with E-state index in [1.807, 2.05) is 18.2 Å². The van der Waals surface area contributed by atoms with Gasteiger partial charge in [-0.15, -0.1) is 0 Å². The molecular weight excluding hydrogens is 415 g/mol. The van der Waals surface area contributed by atoms with Crippen LogP contribution in [-0.4, -0.2) is 17.9 Å². The lowest BCUT2D eigenvalue weighted by atomic mass is 10.1. The Bertz CT molecular complexity index is 396. The molecule has 0 aliphatic heterocycles. The predicted octanol–water partition coefficient (Wildman–Crippen LogP) is 6.42. The van der Waals surface area contributed by atoms with Gasteiger partial charge in [0.25, 0.3) is 0 Å². The first-order chi connectivity index (χ1) is 9.87. The number of aryl methyl sites for hydroxylation is 1. The quantitative estimate of drug-likeness (QED) is 0.318. The number of rotatable bonds is 9. The second kappa shape index (κ2) is 8.80. The van der Waals surface area contributed by atoms with Crippen LogP contribution in [0.15, 0.2) is 30.3 Å². The molecule has 0 amide bonds. The van der Waals surface area contributed by atoms with Crippen molar-refractivity contribution in [1.82, 2.24) is 0 Å². The van der Waals surface area contributed by atoms with Crippen LogP contribution in [0.25, 0.3) is 0 Å². The van der Waals surface area contributed by atoms with E-state index in [0.29, 0.717) is 6.42 Å². The molecule has 0 aliphatic carbocycles. The molecule has 0 fully saturated rings. The van der Waals surface area contributed by atoms with Gasteiger partial charge in [0, 0.05) is 0 Å². The van der Waals surface area contributed by atoms with Crippen LogP contribution in [0.1, 0.15) is 32.8 Å². The average Bonchev–Trinajstić information content (AvgIpc) is 2.48. The lowest BCUT2D eigenvalue weighted by Gasteiger charge is -2.36. The van der Waals surface area contributed by atoms with Crippen LogP contribution >= 0.6 is 31.9 Å². The molecule has 0 saturated carbocycles. The Morgan fingerprint density at radius 3 is 2.05 bits per heavy atom. The maximum Gasteiger partial charge on any atom is 0.243 e. The maximum absolute atomic E-state index is 14.4. The zero-order valence-electron chi connectivity index (χ0n) is 13.0. The lowest BCUT2D eigenvalue weighted by Crippen LogP contribution is -2.44. The van der Waals surface area contributed by atoms with Crippen molar-refractivity contribution >= 4 is 40.2 Å². The van der Waals surface area contributed by atoms with Gasteiger partial charge in [0.1, 0.15) is 0 Å². The zero-order chi connectivity index (χ0) is 15.9. The molecule has 120 valence electrons. The summed E-state index contributed by atoms with van der Waals surface area (Å²) in [5.41, 5.74) is 1.21. The van der Waals surface area contributed by atoms with Crippen LogP contribution in [-0.2, 0) is 10.8 Å². The minimum atomic E-state index is -1.83. The van der Waals surface area contributed by atoms with Crippen molar-refractivity contribution in [2.45, 2.75) is 61.3 Å². The van der Waals surface area contributed by atoms with E-state index in [4.69, 9.17) is 4.43 Å². The highest BCUT2D eigenvalue weighted by atomic mass is 79.9. The normalized spacial score (nSPS) is 14.2. The summed E-state index contributed by atoms with van der Waals surface area (Å²) in [5.74, 6) is 0. The van der Waals surface area contributed by atoms with Gasteiger partial charge in [0.05, 0.1) is 6.10 Å². The molecular formula is C16H25Br2FOSi. The third-order valence-electron chi connectivity index (χ3n) is 4.23. The van der Waals surface area contributed by atoms with E-state index in [-0.39, 0.29) is 0 Å². The fraction of sp³-hybridized carbons (Fsp3) is 0.625. The van der Waals surface area contributed by atoms with Crippen molar-refractivity contribution in [2.24, 2.45) is 0 Å². The summed E-state index contributed by atoms with van der Waals surface area (Å²) >= 11 is 6.21. The van der Waals surface area contributed by atoms with Crippen molar-refractivity contribution in [3.05, 3.63) is 35.9 Å². The first kappa shape index (κ1) is 19.3. The standard InChI is InChI=1S/C16H25Br2FOSi/c1-4-21(5-2,6-3)20-15(16(17,18)19)13-12-14-10-8-7-9-11-14/h7-11,15H,4-6,12-13H2,1-3H3. The van der Waals surface area contributed by atoms with Crippen molar-refractivity contribution in [3.63, 3.8) is 0 Å². The van der Waals surface area contributed by atoms with Crippen molar-refractivity contribution < 1.29 is 8.82 Å².